The average molecular weight is 280 g/mol. The van der Waals surface area contributed by atoms with Gasteiger partial charge in [-0.15, -0.1) is 0 Å². The van der Waals surface area contributed by atoms with Gasteiger partial charge in [-0.25, -0.2) is 4.39 Å². The maximum atomic E-state index is 13.5. The quantitative estimate of drug-likeness (QED) is 0.880. The predicted molar refractivity (Wildman–Crippen MR) is 72.2 cm³/mol. The molecule has 0 atom stereocenters. The van der Waals surface area contributed by atoms with E-state index in [0.29, 0.717) is 16.1 Å². The second-order valence-electron chi connectivity index (χ2n) is 4.08. The van der Waals surface area contributed by atoms with Crippen molar-refractivity contribution < 1.29 is 14.3 Å². The minimum atomic E-state index is -0.561. The molecule has 5 heteroatoms. The van der Waals surface area contributed by atoms with Crippen LogP contribution in [0.2, 0.25) is 5.02 Å². The Kier molecular flexibility index (Phi) is 3.71. The summed E-state index contributed by atoms with van der Waals surface area (Å²) in [5, 5.41) is 12.1. The zero-order valence-corrected chi connectivity index (χ0v) is 10.8. The Labute approximate surface area is 114 Å². The molecule has 1 amide bonds. The smallest absolute Gasteiger partial charge is 0.256 e. The highest BCUT2D eigenvalue weighted by molar-refractivity contribution is 6.31. The number of rotatable bonds is 2. The van der Waals surface area contributed by atoms with Gasteiger partial charge in [0.1, 0.15) is 11.6 Å². The predicted octanol–water partition coefficient (Wildman–Crippen LogP) is 3.75. The lowest BCUT2D eigenvalue weighted by atomic mass is 10.1. The first-order valence-corrected chi connectivity index (χ1v) is 5.91. The number of hydrogen-bond acceptors (Lipinski definition) is 2. The van der Waals surface area contributed by atoms with E-state index in [1.165, 1.54) is 36.4 Å². The summed E-state index contributed by atoms with van der Waals surface area (Å²) in [7, 11) is 0. The molecule has 0 radical (unpaired) electrons. The van der Waals surface area contributed by atoms with Gasteiger partial charge in [-0.05, 0) is 48.9 Å². The summed E-state index contributed by atoms with van der Waals surface area (Å²) in [5.41, 5.74) is 0.974. The van der Waals surface area contributed by atoms with Crippen LogP contribution in [0.25, 0.3) is 0 Å². The van der Waals surface area contributed by atoms with Crippen LogP contribution in [0.3, 0.4) is 0 Å². The van der Waals surface area contributed by atoms with Crippen LogP contribution in [0.1, 0.15) is 15.9 Å². The number of phenols is 1. The van der Waals surface area contributed by atoms with Crippen LogP contribution >= 0.6 is 11.6 Å². The molecular weight excluding hydrogens is 269 g/mol. The maximum Gasteiger partial charge on any atom is 0.256 e. The zero-order valence-electron chi connectivity index (χ0n) is 10.1. The first-order valence-electron chi connectivity index (χ1n) is 5.53. The molecule has 0 aliphatic rings. The number of halogens is 2. The van der Waals surface area contributed by atoms with E-state index in [9.17, 15) is 14.3 Å². The van der Waals surface area contributed by atoms with Gasteiger partial charge in [0.15, 0.2) is 0 Å². The number of nitrogens with one attached hydrogen (secondary N) is 1. The van der Waals surface area contributed by atoms with Crippen molar-refractivity contribution in [2.75, 3.05) is 5.32 Å². The molecule has 0 fully saturated rings. The Morgan fingerprint density at radius 2 is 2.00 bits per heavy atom. The zero-order chi connectivity index (χ0) is 14.0. The monoisotopic (exact) mass is 279 g/mol. The molecule has 0 aromatic heterocycles. The number of phenolic OH excluding ortho intramolecular Hbond substituents is 1. The van der Waals surface area contributed by atoms with Gasteiger partial charge in [-0.1, -0.05) is 11.6 Å². The van der Waals surface area contributed by atoms with Crippen molar-refractivity contribution in [3.8, 4) is 5.75 Å². The Morgan fingerprint density at radius 1 is 1.26 bits per heavy atom. The highest BCUT2D eigenvalue weighted by atomic mass is 35.5. The lowest BCUT2D eigenvalue weighted by molar-refractivity contribution is 0.102. The fourth-order valence-corrected chi connectivity index (χ4v) is 1.86. The van der Waals surface area contributed by atoms with E-state index in [-0.39, 0.29) is 11.4 Å². The summed E-state index contributed by atoms with van der Waals surface area (Å²) in [4.78, 5) is 12.0. The molecule has 0 aliphatic heterocycles. The van der Waals surface area contributed by atoms with Crippen LogP contribution in [-0.2, 0) is 0 Å². The van der Waals surface area contributed by atoms with Crippen LogP contribution in [-0.4, -0.2) is 11.0 Å². The van der Waals surface area contributed by atoms with Crippen LogP contribution in [0.4, 0.5) is 10.1 Å². The molecule has 0 aliphatic carbocycles. The molecule has 0 unspecified atom stereocenters. The van der Waals surface area contributed by atoms with Crippen molar-refractivity contribution >= 4 is 23.2 Å². The molecule has 2 aromatic carbocycles. The van der Waals surface area contributed by atoms with Gasteiger partial charge in [0.25, 0.3) is 5.91 Å². The highest BCUT2D eigenvalue weighted by Crippen LogP contribution is 2.22. The van der Waals surface area contributed by atoms with Gasteiger partial charge < -0.3 is 10.4 Å². The lowest BCUT2D eigenvalue weighted by Gasteiger charge is -2.09. The third-order valence-electron chi connectivity index (χ3n) is 2.63. The molecule has 0 bridgehead atoms. The number of aromatic hydroxyl groups is 1. The number of benzene rings is 2. The number of anilines is 1. The molecule has 2 N–H and O–H groups in total. The summed E-state index contributed by atoms with van der Waals surface area (Å²) in [5.74, 6) is -0.948. The van der Waals surface area contributed by atoms with E-state index in [2.05, 4.69) is 5.32 Å². The van der Waals surface area contributed by atoms with Crippen LogP contribution in [0, 0.1) is 12.7 Å². The fraction of sp³-hybridized carbons (Fsp3) is 0.0714. The summed E-state index contributed by atoms with van der Waals surface area (Å²) in [6.07, 6.45) is 0. The Balaban J connectivity index is 2.28. The number of hydrogen-bond donors (Lipinski definition) is 2. The Hall–Kier alpha value is -2.07. The van der Waals surface area contributed by atoms with Gasteiger partial charge in [-0.3, -0.25) is 4.79 Å². The van der Waals surface area contributed by atoms with E-state index in [0.717, 1.165) is 0 Å². The van der Waals surface area contributed by atoms with Crippen LogP contribution in [0.5, 0.6) is 5.75 Å². The van der Waals surface area contributed by atoms with E-state index in [1.54, 1.807) is 6.92 Å². The average Bonchev–Trinajstić information content (AvgIpc) is 2.33. The first kappa shape index (κ1) is 13.4. The Bertz CT molecular complexity index is 643. The first-order chi connectivity index (χ1) is 8.97. The van der Waals surface area contributed by atoms with Crippen molar-refractivity contribution in [1.82, 2.24) is 0 Å². The highest BCUT2D eigenvalue weighted by Gasteiger charge is 2.12. The minimum absolute atomic E-state index is 0.0185. The molecule has 0 heterocycles. The molecule has 0 spiro atoms. The third kappa shape index (κ3) is 3.03. The fourth-order valence-electron chi connectivity index (χ4n) is 1.69. The number of carbonyl (C=O) groups excluding carboxylic acids is 1. The molecule has 3 nitrogen and oxygen atoms in total. The van der Waals surface area contributed by atoms with Crippen LogP contribution < -0.4 is 5.32 Å². The SMILES string of the molecule is Cc1cc(O)ccc1C(=O)Nc1cc(Cl)ccc1F. The largest absolute Gasteiger partial charge is 0.508 e. The molecule has 0 saturated carbocycles. The van der Waals surface area contributed by atoms with E-state index >= 15 is 0 Å². The number of amides is 1. The molecule has 0 saturated heterocycles. The number of aryl methyl sites for hydroxylation is 1. The van der Waals surface area contributed by atoms with Crippen molar-refractivity contribution in [2.45, 2.75) is 6.92 Å². The molecular formula is C14H11ClFNO2. The summed E-state index contributed by atoms with van der Waals surface area (Å²) < 4.78 is 13.5. The summed E-state index contributed by atoms with van der Waals surface area (Å²) in [6, 6.07) is 8.26. The van der Waals surface area contributed by atoms with Crippen molar-refractivity contribution in [3.63, 3.8) is 0 Å². The van der Waals surface area contributed by atoms with Gasteiger partial charge in [-0.2, -0.15) is 0 Å². The Morgan fingerprint density at radius 3 is 2.68 bits per heavy atom. The molecule has 19 heavy (non-hydrogen) atoms. The van der Waals surface area contributed by atoms with Crippen molar-refractivity contribution in [1.29, 1.82) is 0 Å². The maximum absolute atomic E-state index is 13.5. The summed E-state index contributed by atoms with van der Waals surface area (Å²) in [6.45, 7) is 1.68. The second-order valence-corrected chi connectivity index (χ2v) is 4.51. The molecule has 2 aromatic rings. The lowest BCUT2D eigenvalue weighted by Crippen LogP contribution is -2.14. The van der Waals surface area contributed by atoms with Gasteiger partial charge in [0.2, 0.25) is 0 Å². The van der Waals surface area contributed by atoms with Crippen molar-refractivity contribution in [2.24, 2.45) is 0 Å². The normalized spacial score (nSPS) is 10.3. The second kappa shape index (κ2) is 5.28. The van der Waals surface area contributed by atoms with E-state index in [4.69, 9.17) is 11.6 Å². The van der Waals surface area contributed by atoms with Crippen molar-refractivity contribution in [3.05, 3.63) is 58.4 Å². The molecule has 2 rings (SSSR count). The van der Waals surface area contributed by atoms with Gasteiger partial charge in [0.05, 0.1) is 5.69 Å². The topological polar surface area (TPSA) is 49.3 Å². The van der Waals surface area contributed by atoms with E-state index < -0.39 is 11.7 Å². The summed E-state index contributed by atoms with van der Waals surface area (Å²) >= 11 is 5.75. The minimum Gasteiger partial charge on any atom is -0.508 e. The van der Waals surface area contributed by atoms with Gasteiger partial charge >= 0.3 is 0 Å². The molecule has 98 valence electrons. The third-order valence-corrected chi connectivity index (χ3v) is 2.87. The standard InChI is InChI=1S/C14H11ClFNO2/c1-8-6-10(18)3-4-11(8)14(19)17-13-7-9(15)2-5-12(13)16/h2-7,18H,1H3,(H,17,19). The van der Waals surface area contributed by atoms with Crippen LogP contribution in [0.15, 0.2) is 36.4 Å². The van der Waals surface area contributed by atoms with E-state index in [1.807, 2.05) is 0 Å². The van der Waals surface area contributed by atoms with Gasteiger partial charge in [0, 0.05) is 10.6 Å². The number of carbonyl (C=O) groups is 1.